The molecule has 142 valence electrons. The molecule has 1 unspecified atom stereocenters. The lowest BCUT2D eigenvalue weighted by atomic mass is 9.97. The van der Waals surface area contributed by atoms with E-state index < -0.39 is 10.0 Å². The van der Waals surface area contributed by atoms with Crippen LogP contribution in [0.1, 0.15) is 26.7 Å². The fraction of sp³-hybridized carbons (Fsp3) is 0.556. The van der Waals surface area contributed by atoms with E-state index in [2.05, 4.69) is 14.9 Å². The van der Waals surface area contributed by atoms with Gasteiger partial charge in [-0.2, -0.15) is 9.29 Å². The number of hydrogen-bond donors (Lipinski definition) is 0. The molecule has 1 aromatic carbocycles. The van der Waals surface area contributed by atoms with Gasteiger partial charge in [-0.3, -0.25) is 0 Å². The van der Waals surface area contributed by atoms with Crippen molar-refractivity contribution < 1.29 is 8.42 Å². The number of piperidine rings is 1. The highest BCUT2D eigenvalue weighted by Gasteiger charge is 2.28. The van der Waals surface area contributed by atoms with Crippen LogP contribution in [0.5, 0.6) is 0 Å². The van der Waals surface area contributed by atoms with Crippen LogP contribution in [0.3, 0.4) is 0 Å². The summed E-state index contributed by atoms with van der Waals surface area (Å²) in [6, 6.07) is 7.78. The maximum Gasteiger partial charge on any atom is 0.224 e. The van der Waals surface area contributed by atoms with Gasteiger partial charge in [-0.1, -0.05) is 12.1 Å². The van der Waals surface area contributed by atoms with Gasteiger partial charge in [0.25, 0.3) is 0 Å². The van der Waals surface area contributed by atoms with Crippen LogP contribution >= 0.6 is 11.6 Å². The maximum atomic E-state index is 12.1. The van der Waals surface area contributed by atoms with Gasteiger partial charge in [0.15, 0.2) is 0 Å². The van der Waals surface area contributed by atoms with Crippen LogP contribution in [0.25, 0.3) is 10.9 Å². The van der Waals surface area contributed by atoms with E-state index in [1.807, 2.05) is 38.1 Å². The number of sulfonamides is 1. The molecule has 1 aliphatic heterocycles. The lowest BCUT2D eigenvalue weighted by Crippen LogP contribution is -2.45. The second-order valence-electron chi connectivity index (χ2n) is 7.21. The Morgan fingerprint density at radius 1 is 1.31 bits per heavy atom. The highest BCUT2D eigenvalue weighted by molar-refractivity contribution is 7.88. The van der Waals surface area contributed by atoms with E-state index in [4.69, 9.17) is 11.6 Å². The van der Waals surface area contributed by atoms with Crippen molar-refractivity contribution >= 4 is 38.3 Å². The molecule has 2 heterocycles. The fourth-order valence-corrected chi connectivity index (χ4v) is 5.08. The van der Waals surface area contributed by atoms with Crippen LogP contribution in [0.4, 0.5) is 5.82 Å². The Morgan fingerprint density at radius 2 is 2.04 bits per heavy atom. The predicted molar refractivity (Wildman–Crippen MR) is 106 cm³/mol. The smallest absolute Gasteiger partial charge is 0.224 e. The second kappa shape index (κ2) is 7.66. The van der Waals surface area contributed by atoms with E-state index in [0.717, 1.165) is 42.7 Å². The summed E-state index contributed by atoms with van der Waals surface area (Å²) in [4.78, 5) is 11.0. The molecule has 1 saturated heterocycles. The van der Waals surface area contributed by atoms with E-state index >= 15 is 0 Å². The molecule has 1 aliphatic rings. The summed E-state index contributed by atoms with van der Waals surface area (Å²) >= 11 is 6.13. The Kier molecular flexibility index (Phi) is 5.69. The first-order valence-corrected chi connectivity index (χ1v) is 11.1. The number of rotatable bonds is 5. The molecular formula is C18H25ClN4O2S. The van der Waals surface area contributed by atoms with Gasteiger partial charge in [0.1, 0.15) is 5.82 Å². The molecule has 6 nitrogen and oxygen atoms in total. The number of fused-ring (bicyclic) bond motifs is 1. The first kappa shape index (κ1) is 19.3. The van der Waals surface area contributed by atoms with Crippen LogP contribution < -0.4 is 4.90 Å². The number of aromatic nitrogens is 2. The molecule has 0 bridgehead atoms. The summed E-state index contributed by atoms with van der Waals surface area (Å²) in [5, 5.41) is 1.21. The Labute approximate surface area is 160 Å². The summed E-state index contributed by atoms with van der Waals surface area (Å²) in [5.41, 5.74) is 0.824. The molecule has 1 fully saturated rings. The largest absolute Gasteiger partial charge is 0.356 e. The molecule has 2 aromatic rings. The van der Waals surface area contributed by atoms with Crippen molar-refractivity contribution in [3.8, 4) is 0 Å². The van der Waals surface area contributed by atoms with Crippen molar-refractivity contribution in [2.45, 2.75) is 32.7 Å². The standard InChI is InChI=1S/C18H25ClN4O2S/c1-13(2)23(26(3,24)25)12-14-7-6-10-22(11-14)17-15-8-4-5-9-16(15)20-18(19)21-17/h4-5,8-9,13-14H,6-7,10-12H2,1-3H3. The topological polar surface area (TPSA) is 66.4 Å². The Balaban J connectivity index is 1.85. The van der Waals surface area contributed by atoms with Crippen molar-refractivity contribution in [3.05, 3.63) is 29.5 Å². The van der Waals surface area contributed by atoms with Gasteiger partial charge < -0.3 is 4.90 Å². The minimum Gasteiger partial charge on any atom is -0.356 e. The second-order valence-corrected chi connectivity index (χ2v) is 9.49. The van der Waals surface area contributed by atoms with Crippen LogP contribution in [-0.2, 0) is 10.0 Å². The summed E-state index contributed by atoms with van der Waals surface area (Å²) in [6.45, 7) is 6.01. The van der Waals surface area contributed by atoms with E-state index in [0.29, 0.717) is 6.54 Å². The molecule has 0 saturated carbocycles. The molecule has 8 heteroatoms. The average Bonchev–Trinajstić information content (AvgIpc) is 2.58. The summed E-state index contributed by atoms with van der Waals surface area (Å²) in [5.74, 6) is 1.09. The van der Waals surface area contributed by atoms with Gasteiger partial charge in [-0.05, 0) is 56.3 Å². The zero-order valence-electron chi connectivity index (χ0n) is 15.4. The lowest BCUT2D eigenvalue weighted by Gasteiger charge is -2.37. The van der Waals surface area contributed by atoms with Crippen molar-refractivity contribution in [2.75, 3.05) is 30.8 Å². The Bertz CT molecular complexity index is 888. The van der Waals surface area contributed by atoms with Crippen molar-refractivity contribution in [1.29, 1.82) is 0 Å². The summed E-state index contributed by atoms with van der Waals surface area (Å²) in [7, 11) is -3.22. The zero-order valence-corrected chi connectivity index (χ0v) is 17.0. The van der Waals surface area contributed by atoms with E-state index in [1.54, 1.807) is 4.31 Å². The minimum atomic E-state index is -3.22. The number of para-hydroxylation sites is 1. The third-order valence-corrected chi connectivity index (χ3v) is 6.41. The molecule has 1 aromatic heterocycles. The highest BCUT2D eigenvalue weighted by atomic mass is 35.5. The highest BCUT2D eigenvalue weighted by Crippen LogP contribution is 2.29. The third kappa shape index (κ3) is 4.27. The maximum absolute atomic E-state index is 12.1. The molecule has 0 spiro atoms. The molecule has 0 radical (unpaired) electrons. The molecule has 0 aliphatic carbocycles. The number of hydrogen-bond acceptors (Lipinski definition) is 5. The SMILES string of the molecule is CC(C)N(CC1CCCN(c2nc(Cl)nc3ccccc23)C1)S(C)(=O)=O. The number of nitrogens with zero attached hydrogens (tertiary/aromatic N) is 4. The molecule has 0 amide bonds. The number of halogens is 1. The van der Waals surface area contributed by atoms with Crippen molar-refractivity contribution in [2.24, 2.45) is 5.92 Å². The molecule has 0 N–H and O–H groups in total. The quantitative estimate of drug-likeness (QED) is 0.726. The zero-order chi connectivity index (χ0) is 18.9. The van der Waals surface area contributed by atoms with E-state index in [-0.39, 0.29) is 17.2 Å². The van der Waals surface area contributed by atoms with Crippen LogP contribution in [0, 0.1) is 5.92 Å². The van der Waals surface area contributed by atoms with E-state index in [9.17, 15) is 8.42 Å². The summed E-state index contributed by atoms with van der Waals surface area (Å²) in [6.07, 6.45) is 3.29. The molecule has 26 heavy (non-hydrogen) atoms. The summed E-state index contributed by atoms with van der Waals surface area (Å²) < 4.78 is 25.8. The van der Waals surface area contributed by atoms with E-state index in [1.165, 1.54) is 6.26 Å². The Morgan fingerprint density at radius 3 is 2.73 bits per heavy atom. The van der Waals surface area contributed by atoms with Crippen LogP contribution in [0.15, 0.2) is 24.3 Å². The van der Waals surface area contributed by atoms with Gasteiger partial charge in [-0.15, -0.1) is 0 Å². The monoisotopic (exact) mass is 396 g/mol. The van der Waals surface area contributed by atoms with Gasteiger partial charge in [0.2, 0.25) is 15.3 Å². The fourth-order valence-electron chi connectivity index (χ4n) is 3.66. The van der Waals surface area contributed by atoms with Gasteiger partial charge in [0, 0.05) is 31.1 Å². The normalized spacial score (nSPS) is 18.8. The van der Waals surface area contributed by atoms with Gasteiger partial charge in [-0.25, -0.2) is 13.4 Å². The predicted octanol–water partition coefficient (Wildman–Crippen LogP) is 3.17. The average molecular weight is 397 g/mol. The third-order valence-electron chi connectivity index (χ3n) is 4.81. The van der Waals surface area contributed by atoms with Gasteiger partial charge >= 0.3 is 0 Å². The van der Waals surface area contributed by atoms with Crippen molar-refractivity contribution in [1.82, 2.24) is 14.3 Å². The van der Waals surface area contributed by atoms with Crippen LogP contribution in [0.2, 0.25) is 5.28 Å². The Hall–Kier alpha value is -1.44. The molecule has 3 rings (SSSR count). The molecule has 1 atom stereocenters. The number of anilines is 1. The first-order chi connectivity index (χ1) is 12.3. The molecular weight excluding hydrogens is 372 g/mol. The van der Waals surface area contributed by atoms with Gasteiger partial charge in [0.05, 0.1) is 11.8 Å². The minimum absolute atomic E-state index is 0.0466. The number of benzene rings is 1. The van der Waals surface area contributed by atoms with Crippen LogP contribution in [-0.4, -0.2) is 54.6 Å². The lowest BCUT2D eigenvalue weighted by molar-refractivity contribution is 0.277. The first-order valence-electron chi connectivity index (χ1n) is 8.89. The van der Waals surface area contributed by atoms with Crippen molar-refractivity contribution in [3.63, 3.8) is 0 Å².